The van der Waals surface area contributed by atoms with Crippen LogP contribution in [-0.4, -0.2) is 4.98 Å². The predicted octanol–water partition coefficient (Wildman–Crippen LogP) is 2.76. The van der Waals surface area contributed by atoms with Crippen molar-refractivity contribution in [3.63, 3.8) is 0 Å². The highest BCUT2D eigenvalue weighted by atomic mass is 14.7. The quantitative estimate of drug-likeness (QED) is 0.849. The standard InChI is InChI=1S/C14H16N2/c1-11-3-2-4-12(9-11)5-6-13-10-16-8-7-14(13)15/h2-4,7-10H,5-6H2,1H3,(H2,15,16). The lowest BCUT2D eigenvalue weighted by Gasteiger charge is -2.05. The molecule has 2 N–H and O–H groups in total. The molecule has 0 saturated heterocycles. The smallest absolute Gasteiger partial charge is 0.0377 e. The minimum Gasteiger partial charge on any atom is -0.398 e. The van der Waals surface area contributed by atoms with Crippen molar-refractivity contribution < 1.29 is 0 Å². The molecule has 0 aliphatic heterocycles. The van der Waals surface area contributed by atoms with Crippen LogP contribution < -0.4 is 5.73 Å². The summed E-state index contributed by atoms with van der Waals surface area (Å²) in [6.07, 6.45) is 5.54. The molecule has 1 aromatic heterocycles. The van der Waals surface area contributed by atoms with Crippen LogP contribution in [0.3, 0.4) is 0 Å². The normalized spacial score (nSPS) is 10.3. The van der Waals surface area contributed by atoms with Crippen molar-refractivity contribution in [1.29, 1.82) is 0 Å². The summed E-state index contributed by atoms with van der Waals surface area (Å²) in [4.78, 5) is 4.10. The summed E-state index contributed by atoms with van der Waals surface area (Å²) in [5.74, 6) is 0. The monoisotopic (exact) mass is 212 g/mol. The van der Waals surface area contributed by atoms with Crippen LogP contribution in [0.4, 0.5) is 5.69 Å². The number of hydrogen-bond acceptors (Lipinski definition) is 2. The topological polar surface area (TPSA) is 38.9 Å². The van der Waals surface area contributed by atoms with Gasteiger partial charge in [-0.25, -0.2) is 0 Å². The summed E-state index contributed by atoms with van der Waals surface area (Å²) in [5.41, 5.74) is 10.5. The molecule has 0 spiro atoms. The van der Waals surface area contributed by atoms with Gasteiger partial charge in [0.1, 0.15) is 0 Å². The highest BCUT2D eigenvalue weighted by Gasteiger charge is 1.99. The van der Waals surface area contributed by atoms with Gasteiger partial charge in [0.15, 0.2) is 0 Å². The van der Waals surface area contributed by atoms with Crippen LogP contribution >= 0.6 is 0 Å². The van der Waals surface area contributed by atoms with Crippen LogP contribution in [0.25, 0.3) is 0 Å². The zero-order chi connectivity index (χ0) is 11.4. The minimum absolute atomic E-state index is 0.836. The van der Waals surface area contributed by atoms with E-state index in [9.17, 15) is 0 Å². The number of nitrogens with zero attached hydrogens (tertiary/aromatic N) is 1. The van der Waals surface area contributed by atoms with Crippen LogP contribution in [0.1, 0.15) is 16.7 Å². The molecule has 2 nitrogen and oxygen atoms in total. The fourth-order valence-corrected chi connectivity index (χ4v) is 1.79. The van der Waals surface area contributed by atoms with Crippen molar-refractivity contribution in [2.75, 3.05) is 5.73 Å². The van der Waals surface area contributed by atoms with Gasteiger partial charge in [0.25, 0.3) is 0 Å². The van der Waals surface area contributed by atoms with Crippen LogP contribution in [0.2, 0.25) is 0 Å². The molecule has 0 bridgehead atoms. The molecule has 2 heteroatoms. The maximum atomic E-state index is 5.87. The molecular weight excluding hydrogens is 196 g/mol. The molecule has 0 atom stereocenters. The van der Waals surface area contributed by atoms with Gasteiger partial charge in [-0.3, -0.25) is 4.98 Å². The number of nitrogens with two attached hydrogens (primary N) is 1. The fourth-order valence-electron chi connectivity index (χ4n) is 1.79. The minimum atomic E-state index is 0.836. The molecule has 1 heterocycles. The maximum absolute atomic E-state index is 5.87. The van der Waals surface area contributed by atoms with Gasteiger partial charge in [0.05, 0.1) is 0 Å². The Morgan fingerprint density at radius 2 is 2.06 bits per heavy atom. The molecule has 0 unspecified atom stereocenters. The first kappa shape index (κ1) is 10.7. The third-order valence-electron chi connectivity index (χ3n) is 2.71. The van der Waals surface area contributed by atoms with Gasteiger partial charge >= 0.3 is 0 Å². The second kappa shape index (κ2) is 4.79. The summed E-state index contributed by atoms with van der Waals surface area (Å²) in [5, 5.41) is 0. The molecular formula is C14H16N2. The average Bonchev–Trinajstić information content (AvgIpc) is 2.28. The average molecular weight is 212 g/mol. The number of aromatic nitrogens is 1. The van der Waals surface area contributed by atoms with Gasteiger partial charge in [-0.1, -0.05) is 29.8 Å². The van der Waals surface area contributed by atoms with Crippen LogP contribution in [0.15, 0.2) is 42.7 Å². The highest BCUT2D eigenvalue weighted by molar-refractivity contribution is 5.44. The van der Waals surface area contributed by atoms with Crippen molar-refractivity contribution in [1.82, 2.24) is 4.98 Å². The number of pyridine rings is 1. The summed E-state index contributed by atoms with van der Waals surface area (Å²) in [6, 6.07) is 10.4. The number of hydrogen-bond donors (Lipinski definition) is 1. The zero-order valence-electron chi connectivity index (χ0n) is 9.48. The number of rotatable bonds is 3. The third kappa shape index (κ3) is 2.60. The SMILES string of the molecule is Cc1cccc(CCc2cnccc2N)c1. The summed E-state index contributed by atoms with van der Waals surface area (Å²) >= 11 is 0. The van der Waals surface area contributed by atoms with Crippen LogP contribution in [0, 0.1) is 6.92 Å². The van der Waals surface area contributed by atoms with Gasteiger partial charge in [-0.15, -0.1) is 0 Å². The maximum Gasteiger partial charge on any atom is 0.0377 e. The van der Waals surface area contributed by atoms with Crippen molar-refractivity contribution in [3.8, 4) is 0 Å². The molecule has 0 saturated carbocycles. The Labute approximate surface area is 96.1 Å². The summed E-state index contributed by atoms with van der Waals surface area (Å²) in [7, 11) is 0. The number of anilines is 1. The molecule has 0 aliphatic rings. The van der Waals surface area contributed by atoms with Gasteiger partial charge in [-0.05, 0) is 37.0 Å². The van der Waals surface area contributed by atoms with Gasteiger partial charge in [0, 0.05) is 18.1 Å². The number of nitrogen functional groups attached to an aromatic ring is 1. The number of aryl methyl sites for hydroxylation is 3. The van der Waals surface area contributed by atoms with E-state index in [0.29, 0.717) is 0 Å². The second-order valence-corrected chi connectivity index (χ2v) is 4.06. The van der Waals surface area contributed by atoms with E-state index in [0.717, 1.165) is 24.1 Å². The van der Waals surface area contributed by atoms with Crippen LogP contribution in [-0.2, 0) is 12.8 Å². The second-order valence-electron chi connectivity index (χ2n) is 4.06. The molecule has 0 aliphatic carbocycles. The van der Waals surface area contributed by atoms with E-state index in [1.807, 2.05) is 12.3 Å². The highest BCUT2D eigenvalue weighted by Crippen LogP contribution is 2.13. The van der Waals surface area contributed by atoms with Crippen molar-refractivity contribution >= 4 is 5.69 Å². The molecule has 16 heavy (non-hydrogen) atoms. The predicted molar refractivity (Wildman–Crippen MR) is 67.2 cm³/mol. The van der Waals surface area contributed by atoms with Crippen LogP contribution in [0.5, 0.6) is 0 Å². The Morgan fingerprint density at radius 1 is 1.19 bits per heavy atom. The van der Waals surface area contributed by atoms with E-state index in [4.69, 9.17) is 5.73 Å². The molecule has 2 aromatic rings. The summed E-state index contributed by atoms with van der Waals surface area (Å²) in [6.45, 7) is 2.11. The van der Waals surface area contributed by atoms with E-state index in [-0.39, 0.29) is 0 Å². The largest absolute Gasteiger partial charge is 0.398 e. The fraction of sp³-hybridized carbons (Fsp3) is 0.214. The molecule has 0 radical (unpaired) electrons. The van der Waals surface area contributed by atoms with Gasteiger partial charge in [0.2, 0.25) is 0 Å². The zero-order valence-corrected chi connectivity index (χ0v) is 9.48. The lowest BCUT2D eigenvalue weighted by molar-refractivity contribution is 0.951. The first-order valence-electron chi connectivity index (χ1n) is 5.49. The van der Waals surface area contributed by atoms with Gasteiger partial charge in [-0.2, -0.15) is 0 Å². The lowest BCUT2D eigenvalue weighted by Crippen LogP contribution is -1.97. The lowest BCUT2D eigenvalue weighted by atomic mass is 10.0. The van der Waals surface area contributed by atoms with E-state index < -0.39 is 0 Å². The first-order valence-corrected chi connectivity index (χ1v) is 5.49. The Hall–Kier alpha value is -1.83. The molecule has 2 rings (SSSR count). The molecule has 1 aromatic carbocycles. The molecule has 0 amide bonds. The Balaban J connectivity index is 2.05. The first-order chi connectivity index (χ1) is 7.75. The molecule has 82 valence electrons. The Kier molecular flexibility index (Phi) is 3.20. The van der Waals surface area contributed by atoms with E-state index >= 15 is 0 Å². The Morgan fingerprint density at radius 3 is 2.81 bits per heavy atom. The summed E-state index contributed by atoms with van der Waals surface area (Å²) < 4.78 is 0. The molecule has 0 fully saturated rings. The van der Waals surface area contributed by atoms with Crippen molar-refractivity contribution in [3.05, 3.63) is 59.4 Å². The van der Waals surface area contributed by atoms with Crippen molar-refractivity contribution in [2.45, 2.75) is 19.8 Å². The third-order valence-corrected chi connectivity index (χ3v) is 2.71. The number of benzene rings is 1. The van der Waals surface area contributed by atoms with Gasteiger partial charge < -0.3 is 5.73 Å². The van der Waals surface area contributed by atoms with E-state index in [2.05, 4.69) is 36.2 Å². The Bertz CT molecular complexity index is 478. The van der Waals surface area contributed by atoms with E-state index in [1.165, 1.54) is 11.1 Å². The van der Waals surface area contributed by atoms with Crippen molar-refractivity contribution in [2.24, 2.45) is 0 Å². The van der Waals surface area contributed by atoms with E-state index in [1.54, 1.807) is 6.20 Å².